The molecule has 1 aliphatic carbocycles. The lowest BCUT2D eigenvalue weighted by molar-refractivity contribution is -0.137. The lowest BCUT2D eigenvalue weighted by Gasteiger charge is -2.16. The second-order valence-electron chi connectivity index (χ2n) is 9.35. The molecule has 0 radical (unpaired) electrons. The van der Waals surface area contributed by atoms with Gasteiger partial charge in [-0.3, -0.25) is 0 Å². The number of fused-ring (bicyclic) bond motifs is 1. The van der Waals surface area contributed by atoms with E-state index in [2.05, 4.69) is 11.9 Å². The van der Waals surface area contributed by atoms with E-state index in [-0.39, 0.29) is 17.7 Å². The maximum Gasteiger partial charge on any atom is 0.417 e. The summed E-state index contributed by atoms with van der Waals surface area (Å²) >= 11 is 0. The summed E-state index contributed by atoms with van der Waals surface area (Å²) in [4.78, 5) is 4.27. The summed E-state index contributed by atoms with van der Waals surface area (Å²) in [5.41, 5.74) is 3.54. The van der Waals surface area contributed by atoms with Gasteiger partial charge in [0.25, 0.3) is 0 Å². The topological polar surface area (TPSA) is 45.9 Å². The smallest absolute Gasteiger partial charge is 0.417 e. The first-order valence-corrected chi connectivity index (χ1v) is 11.8. The molecule has 1 heterocycles. The second kappa shape index (κ2) is 9.70. The van der Waals surface area contributed by atoms with Gasteiger partial charge in [0.1, 0.15) is 12.4 Å². The molecule has 1 unspecified atom stereocenters. The van der Waals surface area contributed by atoms with E-state index in [0.29, 0.717) is 29.0 Å². The zero-order chi connectivity index (χ0) is 26.2. The van der Waals surface area contributed by atoms with Crippen LogP contribution in [0.5, 0.6) is 5.88 Å². The minimum absolute atomic E-state index is 0.00911. The average molecular weight is 503 g/mol. The summed E-state index contributed by atoms with van der Waals surface area (Å²) in [6.07, 6.45) is -1.13. The molecule has 3 aromatic carbocycles. The number of hydrogen-bond acceptors (Lipinski definition) is 3. The summed E-state index contributed by atoms with van der Waals surface area (Å²) in [5, 5.41) is 8.96. The van der Waals surface area contributed by atoms with Gasteiger partial charge >= 0.3 is 6.18 Å². The molecule has 4 aromatic rings. The molecule has 0 bridgehead atoms. The fourth-order valence-electron chi connectivity index (χ4n) is 4.71. The molecule has 0 spiro atoms. The molecule has 5 rings (SSSR count). The number of rotatable bonds is 5. The van der Waals surface area contributed by atoms with Crippen molar-refractivity contribution in [2.45, 2.75) is 32.5 Å². The molecule has 0 N–H and O–H groups in total. The number of halogens is 4. The van der Waals surface area contributed by atoms with Crippen LogP contribution in [0.15, 0.2) is 72.9 Å². The number of hydrogen-bond donors (Lipinski definition) is 0. The lowest BCUT2D eigenvalue weighted by atomic mass is 9.94. The highest BCUT2D eigenvalue weighted by molar-refractivity contribution is 5.73. The van der Waals surface area contributed by atoms with E-state index >= 15 is 0 Å². The number of nitriles is 1. The third kappa shape index (κ3) is 5.19. The summed E-state index contributed by atoms with van der Waals surface area (Å²) in [6, 6.07) is 19.0. The van der Waals surface area contributed by atoms with Crippen molar-refractivity contribution in [2.24, 2.45) is 5.92 Å². The maximum absolute atomic E-state index is 14.8. The van der Waals surface area contributed by atoms with E-state index in [9.17, 15) is 17.6 Å². The van der Waals surface area contributed by atoms with Crippen LogP contribution in [0.3, 0.4) is 0 Å². The second-order valence-corrected chi connectivity index (χ2v) is 9.35. The largest absolute Gasteiger partial charge is 0.473 e. The van der Waals surface area contributed by atoms with Gasteiger partial charge in [0.15, 0.2) is 0 Å². The first-order valence-electron chi connectivity index (χ1n) is 11.8. The van der Waals surface area contributed by atoms with Gasteiger partial charge in [0, 0.05) is 17.8 Å². The van der Waals surface area contributed by atoms with Crippen LogP contribution in [0.25, 0.3) is 22.3 Å². The van der Waals surface area contributed by atoms with Gasteiger partial charge in [0.2, 0.25) is 5.88 Å². The highest BCUT2D eigenvalue weighted by atomic mass is 19.4. The monoisotopic (exact) mass is 502 g/mol. The predicted octanol–water partition coefficient (Wildman–Crippen LogP) is 7.76. The summed E-state index contributed by atoms with van der Waals surface area (Å²) in [7, 11) is 0. The van der Waals surface area contributed by atoms with Gasteiger partial charge in [-0.05, 0) is 76.4 Å². The van der Waals surface area contributed by atoms with E-state index < -0.39 is 17.6 Å². The molecule has 7 heteroatoms. The van der Waals surface area contributed by atoms with E-state index in [1.807, 2.05) is 12.1 Å². The molecular formula is C30H22F4N2O. The Balaban J connectivity index is 1.44. The van der Waals surface area contributed by atoms with Gasteiger partial charge in [-0.2, -0.15) is 18.4 Å². The number of nitrogens with zero attached hydrogens (tertiary/aromatic N) is 2. The average Bonchev–Trinajstić information content (AvgIpc) is 3.26. The standard InChI is InChI=1S/C30H22F4N2O/c1-18-10-23-13-29(36-16-24(23)11-18)37-17-25-12-26(27(14-28(25)31)30(32,33)34)22-8-6-21(7-9-22)20-4-2-19(15-35)3-5-20/h2-9,12-14,16,18H,10-11,17H2,1H3. The zero-order valence-corrected chi connectivity index (χ0v) is 19.9. The van der Waals surface area contributed by atoms with Crippen molar-refractivity contribution in [2.75, 3.05) is 0 Å². The fourth-order valence-corrected chi connectivity index (χ4v) is 4.71. The van der Waals surface area contributed by atoms with Crippen molar-refractivity contribution in [1.82, 2.24) is 4.98 Å². The van der Waals surface area contributed by atoms with Crippen LogP contribution in [0.4, 0.5) is 17.6 Å². The van der Waals surface area contributed by atoms with Crippen molar-refractivity contribution in [3.8, 4) is 34.2 Å². The number of benzene rings is 3. The van der Waals surface area contributed by atoms with Gasteiger partial charge in [-0.25, -0.2) is 9.37 Å². The van der Waals surface area contributed by atoms with Crippen molar-refractivity contribution in [3.05, 3.63) is 107 Å². The quantitative estimate of drug-likeness (QED) is 0.262. The molecule has 37 heavy (non-hydrogen) atoms. The highest BCUT2D eigenvalue weighted by Crippen LogP contribution is 2.39. The molecule has 1 aromatic heterocycles. The molecule has 0 fully saturated rings. The molecular weight excluding hydrogens is 480 g/mol. The lowest BCUT2D eigenvalue weighted by Crippen LogP contribution is -2.10. The van der Waals surface area contributed by atoms with Gasteiger partial charge in [-0.1, -0.05) is 43.3 Å². The fraction of sp³-hybridized carbons (Fsp3) is 0.200. The van der Waals surface area contributed by atoms with Crippen LogP contribution in [-0.2, 0) is 25.6 Å². The van der Waals surface area contributed by atoms with E-state index in [0.717, 1.165) is 35.1 Å². The molecule has 0 aliphatic heterocycles. The normalized spacial score (nSPS) is 14.8. The molecule has 1 atom stereocenters. The van der Waals surface area contributed by atoms with Crippen molar-refractivity contribution in [1.29, 1.82) is 5.26 Å². The van der Waals surface area contributed by atoms with Crippen LogP contribution < -0.4 is 4.74 Å². The van der Waals surface area contributed by atoms with Crippen molar-refractivity contribution >= 4 is 0 Å². The summed E-state index contributed by atoms with van der Waals surface area (Å²) in [6.45, 7) is 1.90. The highest BCUT2D eigenvalue weighted by Gasteiger charge is 2.35. The summed E-state index contributed by atoms with van der Waals surface area (Å²) in [5.74, 6) is -0.147. The maximum atomic E-state index is 14.8. The Labute approximate surface area is 212 Å². The van der Waals surface area contributed by atoms with Crippen LogP contribution in [-0.4, -0.2) is 4.98 Å². The predicted molar refractivity (Wildman–Crippen MR) is 132 cm³/mol. The van der Waals surface area contributed by atoms with E-state index in [4.69, 9.17) is 10.00 Å². The van der Waals surface area contributed by atoms with E-state index in [1.165, 1.54) is 6.07 Å². The molecule has 1 aliphatic rings. The Morgan fingerprint density at radius 1 is 0.919 bits per heavy atom. The minimum atomic E-state index is -4.74. The van der Waals surface area contributed by atoms with Gasteiger partial charge < -0.3 is 4.74 Å². The van der Waals surface area contributed by atoms with E-state index in [1.54, 1.807) is 54.7 Å². The van der Waals surface area contributed by atoms with Crippen LogP contribution in [0.2, 0.25) is 0 Å². The molecule has 3 nitrogen and oxygen atoms in total. The summed E-state index contributed by atoms with van der Waals surface area (Å²) < 4.78 is 62.0. The Kier molecular flexibility index (Phi) is 6.43. The first kappa shape index (κ1) is 24.5. The molecule has 0 saturated heterocycles. The third-order valence-corrected chi connectivity index (χ3v) is 6.61. The SMILES string of the molecule is CC1Cc2cnc(OCc3cc(-c4ccc(-c5ccc(C#N)cc5)cc4)c(C(F)(F)F)cc3F)cc2C1. The Morgan fingerprint density at radius 3 is 2.19 bits per heavy atom. The van der Waals surface area contributed by atoms with Gasteiger partial charge in [-0.15, -0.1) is 0 Å². The minimum Gasteiger partial charge on any atom is -0.473 e. The first-order chi connectivity index (χ1) is 17.7. The Morgan fingerprint density at radius 2 is 1.54 bits per heavy atom. The molecule has 0 saturated carbocycles. The Hall–Kier alpha value is -4.18. The molecule has 186 valence electrons. The number of aromatic nitrogens is 1. The number of alkyl halides is 3. The van der Waals surface area contributed by atoms with Gasteiger partial charge in [0.05, 0.1) is 17.2 Å². The molecule has 0 amide bonds. The number of ether oxygens (including phenoxy) is 1. The zero-order valence-electron chi connectivity index (χ0n) is 19.9. The Bertz CT molecular complexity index is 1490. The van der Waals surface area contributed by atoms with Crippen molar-refractivity contribution < 1.29 is 22.3 Å². The number of pyridine rings is 1. The van der Waals surface area contributed by atoms with Crippen LogP contribution >= 0.6 is 0 Å². The third-order valence-electron chi connectivity index (χ3n) is 6.61. The van der Waals surface area contributed by atoms with Crippen LogP contribution in [0.1, 0.15) is 34.7 Å². The van der Waals surface area contributed by atoms with Crippen molar-refractivity contribution in [3.63, 3.8) is 0 Å². The van der Waals surface area contributed by atoms with Crippen LogP contribution in [0, 0.1) is 23.1 Å².